The van der Waals surface area contributed by atoms with E-state index in [2.05, 4.69) is 5.32 Å². The molecule has 1 N–H and O–H groups in total. The number of aryl methyl sites for hydroxylation is 1. The molecule has 0 spiro atoms. The number of ether oxygens (including phenoxy) is 1. The number of carbonyl (C=O) groups excluding carboxylic acids is 2. The number of hydrogen-bond acceptors (Lipinski definition) is 5. The SMILES string of the molecule is CC[C@@H](C(=O)NC(C)C)N(CCc1ccccc1)C(=O)CN(c1ccc(Oc2ccccc2)cc1)S(=O)(=O)c1ccc(C)cc1. The fraction of sp³-hybridized carbons (Fsp3) is 0.278. The molecule has 45 heavy (non-hydrogen) atoms. The first kappa shape index (κ1) is 33.3. The second kappa shape index (κ2) is 15.4. The van der Waals surface area contributed by atoms with Gasteiger partial charge in [0.25, 0.3) is 10.0 Å². The van der Waals surface area contributed by atoms with Gasteiger partial charge in [0.1, 0.15) is 24.1 Å². The van der Waals surface area contributed by atoms with Crippen LogP contribution in [0, 0.1) is 6.92 Å². The van der Waals surface area contributed by atoms with Gasteiger partial charge < -0.3 is 15.0 Å². The van der Waals surface area contributed by atoms with Gasteiger partial charge >= 0.3 is 0 Å². The lowest BCUT2D eigenvalue weighted by Gasteiger charge is -2.33. The molecule has 236 valence electrons. The molecular formula is C36H41N3O5S. The molecule has 2 amide bonds. The van der Waals surface area contributed by atoms with Crippen LogP contribution in [0.25, 0.3) is 0 Å². The second-order valence-electron chi connectivity index (χ2n) is 11.1. The third-order valence-corrected chi connectivity index (χ3v) is 9.08. The molecule has 0 fully saturated rings. The summed E-state index contributed by atoms with van der Waals surface area (Å²) in [6.45, 7) is 7.20. The van der Waals surface area contributed by atoms with E-state index in [9.17, 15) is 18.0 Å². The number of para-hydroxylation sites is 1. The largest absolute Gasteiger partial charge is 0.457 e. The molecule has 9 heteroatoms. The molecule has 4 aromatic carbocycles. The van der Waals surface area contributed by atoms with Gasteiger partial charge in [0.15, 0.2) is 0 Å². The van der Waals surface area contributed by atoms with Gasteiger partial charge in [-0.2, -0.15) is 0 Å². The van der Waals surface area contributed by atoms with E-state index < -0.39 is 28.5 Å². The third kappa shape index (κ3) is 8.95. The van der Waals surface area contributed by atoms with Crippen LogP contribution in [0.3, 0.4) is 0 Å². The normalized spacial score (nSPS) is 11.9. The van der Waals surface area contributed by atoms with E-state index in [-0.39, 0.29) is 23.4 Å². The number of benzene rings is 4. The third-order valence-electron chi connectivity index (χ3n) is 7.29. The van der Waals surface area contributed by atoms with E-state index in [1.54, 1.807) is 36.4 Å². The Balaban J connectivity index is 1.69. The van der Waals surface area contributed by atoms with E-state index in [4.69, 9.17) is 4.74 Å². The Morgan fingerprint density at radius 2 is 1.38 bits per heavy atom. The zero-order valence-electron chi connectivity index (χ0n) is 26.2. The van der Waals surface area contributed by atoms with Crippen molar-refractivity contribution in [2.24, 2.45) is 0 Å². The van der Waals surface area contributed by atoms with E-state index in [0.29, 0.717) is 30.0 Å². The van der Waals surface area contributed by atoms with Crippen molar-refractivity contribution in [3.63, 3.8) is 0 Å². The Morgan fingerprint density at radius 3 is 1.96 bits per heavy atom. The first-order chi connectivity index (χ1) is 21.6. The quantitative estimate of drug-likeness (QED) is 0.176. The highest BCUT2D eigenvalue weighted by atomic mass is 32.2. The standard InChI is InChI=1S/C36H41N3O5S/c1-5-34(36(41)37-27(2)3)38(25-24-29-12-8-6-9-13-29)35(40)26-39(45(42,43)33-22-16-28(4)17-23-33)30-18-20-32(21-19-30)44-31-14-10-7-11-15-31/h6-23,27,34H,5,24-26H2,1-4H3,(H,37,41)/t34-/m0/s1. The van der Waals surface area contributed by atoms with Gasteiger partial charge in [-0.25, -0.2) is 8.42 Å². The molecule has 4 rings (SSSR count). The van der Waals surface area contributed by atoms with E-state index in [0.717, 1.165) is 15.4 Å². The minimum Gasteiger partial charge on any atom is -0.457 e. The first-order valence-electron chi connectivity index (χ1n) is 15.1. The molecular weight excluding hydrogens is 586 g/mol. The maximum Gasteiger partial charge on any atom is 0.264 e. The summed E-state index contributed by atoms with van der Waals surface area (Å²) in [5, 5.41) is 2.92. The van der Waals surface area contributed by atoms with Crippen molar-refractivity contribution in [1.82, 2.24) is 10.2 Å². The minimum absolute atomic E-state index is 0.0611. The number of hydrogen-bond donors (Lipinski definition) is 1. The lowest BCUT2D eigenvalue weighted by atomic mass is 10.1. The Morgan fingerprint density at radius 1 is 0.800 bits per heavy atom. The van der Waals surface area contributed by atoms with Gasteiger partial charge in [0, 0.05) is 12.6 Å². The molecule has 0 unspecified atom stereocenters. The fourth-order valence-electron chi connectivity index (χ4n) is 4.95. The van der Waals surface area contributed by atoms with E-state index in [1.807, 2.05) is 88.4 Å². The highest BCUT2D eigenvalue weighted by Crippen LogP contribution is 2.28. The van der Waals surface area contributed by atoms with Crippen LogP contribution in [0.4, 0.5) is 5.69 Å². The van der Waals surface area contributed by atoms with Crippen molar-refractivity contribution >= 4 is 27.5 Å². The Bertz CT molecular complexity index is 1640. The highest BCUT2D eigenvalue weighted by molar-refractivity contribution is 7.92. The molecule has 4 aromatic rings. The zero-order chi connectivity index (χ0) is 32.4. The average Bonchev–Trinajstić information content (AvgIpc) is 3.03. The van der Waals surface area contributed by atoms with Crippen LogP contribution in [0.1, 0.15) is 38.3 Å². The van der Waals surface area contributed by atoms with Crippen LogP contribution in [-0.4, -0.2) is 50.3 Å². The number of carbonyl (C=O) groups is 2. The van der Waals surface area contributed by atoms with E-state index in [1.165, 1.54) is 17.0 Å². The smallest absolute Gasteiger partial charge is 0.264 e. The summed E-state index contributed by atoms with van der Waals surface area (Å²) in [5.74, 6) is 0.412. The molecule has 0 radical (unpaired) electrons. The minimum atomic E-state index is -4.17. The van der Waals surface area contributed by atoms with E-state index >= 15 is 0 Å². The van der Waals surface area contributed by atoms with Crippen LogP contribution in [-0.2, 0) is 26.0 Å². The number of rotatable bonds is 14. The summed E-state index contributed by atoms with van der Waals surface area (Å²) in [5.41, 5.74) is 2.22. The lowest BCUT2D eigenvalue weighted by Crippen LogP contribution is -2.54. The van der Waals surface area contributed by atoms with Crippen molar-refractivity contribution in [2.45, 2.75) is 57.5 Å². The monoisotopic (exact) mass is 627 g/mol. The van der Waals surface area contributed by atoms with Gasteiger partial charge in [0.2, 0.25) is 11.8 Å². The maximum absolute atomic E-state index is 14.2. The number of anilines is 1. The molecule has 0 aromatic heterocycles. The summed E-state index contributed by atoms with van der Waals surface area (Å²) in [6.07, 6.45) is 0.879. The summed E-state index contributed by atoms with van der Waals surface area (Å²) >= 11 is 0. The van der Waals surface area contributed by atoms with Gasteiger partial charge in [0.05, 0.1) is 10.6 Å². The van der Waals surface area contributed by atoms with Gasteiger partial charge in [-0.1, -0.05) is 73.2 Å². The van der Waals surface area contributed by atoms with Crippen LogP contribution in [0.5, 0.6) is 11.5 Å². The fourth-order valence-corrected chi connectivity index (χ4v) is 6.36. The highest BCUT2D eigenvalue weighted by Gasteiger charge is 2.33. The Hall–Kier alpha value is -4.63. The summed E-state index contributed by atoms with van der Waals surface area (Å²) < 4.78 is 35.3. The number of sulfonamides is 1. The molecule has 0 aliphatic rings. The Kier molecular flexibility index (Phi) is 11.4. The number of amides is 2. The number of nitrogens with one attached hydrogen (secondary N) is 1. The van der Waals surface area contributed by atoms with Crippen LogP contribution in [0.2, 0.25) is 0 Å². The zero-order valence-corrected chi connectivity index (χ0v) is 27.0. The molecule has 0 aliphatic heterocycles. The average molecular weight is 628 g/mol. The van der Waals surface area contributed by atoms with Crippen molar-refractivity contribution in [3.05, 3.63) is 120 Å². The Labute approximate surface area is 266 Å². The summed E-state index contributed by atoms with van der Waals surface area (Å²) in [7, 11) is -4.17. The lowest BCUT2D eigenvalue weighted by molar-refractivity contribution is -0.139. The molecule has 0 saturated heterocycles. The molecule has 0 bridgehead atoms. The number of nitrogens with zero attached hydrogens (tertiary/aromatic N) is 2. The van der Waals surface area contributed by atoms with Gasteiger partial charge in [-0.15, -0.1) is 0 Å². The molecule has 0 saturated carbocycles. The molecule has 0 heterocycles. The summed E-state index contributed by atoms with van der Waals surface area (Å²) in [6, 6.07) is 31.1. The predicted molar refractivity (Wildman–Crippen MR) is 178 cm³/mol. The molecule has 1 atom stereocenters. The maximum atomic E-state index is 14.2. The second-order valence-corrected chi connectivity index (χ2v) is 13.0. The molecule has 8 nitrogen and oxygen atoms in total. The predicted octanol–water partition coefficient (Wildman–Crippen LogP) is 6.36. The van der Waals surface area contributed by atoms with Crippen LogP contribution in [0.15, 0.2) is 114 Å². The van der Waals surface area contributed by atoms with Gasteiger partial charge in [-0.3, -0.25) is 13.9 Å². The van der Waals surface area contributed by atoms with Crippen LogP contribution >= 0.6 is 0 Å². The van der Waals surface area contributed by atoms with Crippen LogP contribution < -0.4 is 14.4 Å². The molecule has 0 aliphatic carbocycles. The van der Waals surface area contributed by atoms with Crippen molar-refractivity contribution in [2.75, 3.05) is 17.4 Å². The van der Waals surface area contributed by atoms with Gasteiger partial charge in [-0.05, 0) is 87.7 Å². The topological polar surface area (TPSA) is 96.0 Å². The first-order valence-corrected chi connectivity index (χ1v) is 16.6. The van der Waals surface area contributed by atoms with Crippen molar-refractivity contribution in [3.8, 4) is 11.5 Å². The van der Waals surface area contributed by atoms with Crippen molar-refractivity contribution in [1.29, 1.82) is 0 Å². The van der Waals surface area contributed by atoms with Crippen molar-refractivity contribution < 1.29 is 22.7 Å². The summed E-state index contributed by atoms with van der Waals surface area (Å²) in [4.78, 5) is 29.0.